The smallest absolute Gasteiger partial charge is 0.338 e. The number of esters is 1. The second kappa shape index (κ2) is 11.0. The van der Waals surface area contributed by atoms with Gasteiger partial charge in [-0.1, -0.05) is 12.1 Å². The van der Waals surface area contributed by atoms with Crippen LogP contribution in [0.15, 0.2) is 66.3 Å². The summed E-state index contributed by atoms with van der Waals surface area (Å²) in [6, 6.07) is 9.20. The van der Waals surface area contributed by atoms with Gasteiger partial charge in [-0.05, 0) is 60.4 Å². The summed E-state index contributed by atoms with van der Waals surface area (Å²) in [7, 11) is 0. The molecule has 1 saturated heterocycles. The average Bonchev–Trinajstić information content (AvgIpc) is 3.21. The number of nitrogens with zero attached hydrogens (tertiary/aromatic N) is 2. The van der Waals surface area contributed by atoms with E-state index < -0.39 is 0 Å². The van der Waals surface area contributed by atoms with Crippen molar-refractivity contribution in [2.45, 2.75) is 30.9 Å². The van der Waals surface area contributed by atoms with Gasteiger partial charge >= 0.3 is 5.97 Å². The van der Waals surface area contributed by atoms with E-state index in [9.17, 15) is 14.0 Å². The lowest BCUT2D eigenvalue weighted by Crippen LogP contribution is -2.34. The van der Waals surface area contributed by atoms with Crippen LogP contribution < -0.4 is 4.90 Å². The number of rotatable bonds is 8. The van der Waals surface area contributed by atoms with Gasteiger partial charge in [0.25, 0.3) is 0 Å². The molecular formula is C25H25FN2O3S2. The lowest BCUT2D eigenvalue weighted by molar-refractivity contribution is -0.115. The van der Waals surface area contributed by atoms with Crippen LogP contribution in [0.5, 0.6) is 0 Å². The number of halogens is 1. The zero-order chi connectivity index (χ0) is 23.2. The molecule has 1 unspecified atom stereocenters. The van der Waals surface area contributed by atoms with Gasteiger partial charge in [0.1, 0.15) is 17.8 Å². The molecule has 1 aliphatic carbocycles. The first-order valence-corrected chi connectivity index (χ1v) is 13.0. The molecule has 1 amide bonds. The van der Waals surface area contributed by atoms with Crippen LogP contribution in [0.1, 0.15) is 34.3 Å². The third-order valence-corrected chi connectivity index (χ3v) is 7.70. The molecule has 0 bridgehead atoms. The maximum absolute atomic E-state index is 13.4. The maximum Gasteiger partial charge on any atom is 0.338 e. The molecule has 1 aliphatic heterocycles. The Kier molecular flexibility index (Phi) is 7.88. The predicted molar refractivity (Wildman–Crippen MR) is 132 cm³/mol. The van der Waals surface area contributed by atoms with E-state index in [1.54, 1.807) is 58.9 Å². The lowest BCUT2D eigenvalue weighted by Gasteiger charge is -2.28. The zero-order valence-corrected chi connectivity index (χ0v) is 20.0. The first-order valence-electron chi connectivity index (χ1n) is 10.8. The van der Waals surface area contributed by atoms with E-state index in [4.69, 9.17) is 4.74 Å². The van der Waals surface area contributed by atoms with Crippen molar-refractivity contribution in [1.29, 1.82) is 0 Å². The first-order chi connectivity index (χ1) is 16.0. The topological polar surface area (TPSA) is 59.5 Å². The minimum Gasteiger partial charge on any atom is -0.461 e. The number of aryl methyl sites for hydroxylation is 1. The number of aromatic nitrogens is 1. The number of amides is 1. The van der Waals surface area contributed by atoms with E-state index in [0.717, 1.165) is 28.1 Å². The van der Waals surface area contributed by atoms with Crippen LogP contribution in [0.2, 0.25) is 0 Å². The second-order valence-electron chi connectivity index (χ2n) is 7.83. The van der Waals surface area contributed by atoms with Crippen molar-refractivity contribution < 1.29 is 18.7 Å². The Morgan fingerprint density at radius 1 is 1.30 bits per heavy atom. The number of carbonyl (C=O) groups excluding carboxylic acids is 2. The monoisotopic (exact) mass is 484 g/mol. The molecule has 4 rings (SSSR count). The van der Waals surface area contributed by atoms with Crippen LogP contribution in [0.25, 0.3) is 0 Å². The van der Waals surface area contributed by atoms with Crippen LogP contribution in [0.3, 0.4) is 0 Å². The molecule has 2 aromatic rings. The van der Waals surface area contributed by atoms with Crippen molar-refractivity contribution in [2.75, 3.05) is 23.0 Å². The standard InChI is InChI=1S/C25H25FN2O3S2/c1-17-13-20(25(30)31-11-12-32-15-18-3-2-10-27-14-18)6-9-22(17)28-23(29)16-33-24(28)19-4-7-21(26)8-5-19/h2-4,6-7,9-10,13-14,24H,5,8,11-12,15-16H2,1H3. The number of ether oxygens (including phenoxy) is 1. The molecule has 1 aromatic heterocycles. The third-order valence-electron chi connectivity index (χ3n) is 5.46. The molecule has 2 aliphatic rings. The molecule has 0 radical (unpaired) electrons. The average molecular weight is 485 g/mol. The van der Waals surface area contributed by atoms with Gasteiger partial charge in [0, 0.05) is 36.0 Å². The molecule has 1 atom stereocenters. The van der Waals surface area contributed by atoms with Gasteiger partial charge in [-0.3, -0.25) is 14.7 Å². The van der Waals surface area contributed by atoms with Crippen LogP contribution >= 0.6 is 23.5 Å². The molecule has 1 aromatic carbocycles. The number of benzene rings is 1. The van der Waals surface area contributed by atoms with Crippen LogP contribution in [0.4, 0.5) is 10.1 Å². The van der Waals surface area contributed by atoms with Crippen molar-refractivity contribution >= 4 is 41.1 Å². The number of hydrogen-bond acceptors (Lipinski definition) is 6. The fourth-order valence-electron chi connectivity index (χ4n) is 3.80. The molecule has 1 fully saturated rings. The highest BCUT2D eigenvalue weighted by Gasteiger charge is 2.36. The molecule has 0 N–H and O–H groups in total. The van der Waals surface area contributed by atoms with Gasteiger partial charge in [0.2, 0.25) is 5.91 Å². The number of carbonyl (C=O) groups is 2. The fourth-order valence-corrected chi connectivity index (χ4v) is 5.78. The molecule has 0 saturated carbocycles. The SMILES string of the molecule is Cc1cc(C(=O)OCCSCc2cccnc2)ccc1N1C(=O)CSC1C1=CC=C(F)CC1. The second-order valence-corrected chi connectivity index (χ2v) is 10.0. The highest BCUT2D eigenvalue weighted by molar-refractivity contribution is 8.01. The van der Waals surface area contributed by atoms with Gasteiger partial charge < -0.3 is 4.74 Å². The van der Waals surface area contributed by atoms with E-state index in [0.29, 0.717) is 36.5 Å². The van der Waals surface area contributed by atoms with Gasteiger partial charge in [-0.2, -0.15) is 11.8 Å². The number of pyridine rings is 1. The third kappa shape index (κ3) is 5.86. The van der Waals surface area contributed by atoms with Crippen molar-refractivity contribution in [3.05, 3.63) is 83.0 Å². The molecule has 172 valence electrons. The molecule has 0 spiro atoms. The Morgan fingerprint density at radius 3 is 2.91 bits per heavy atom. The van der Waals surface area contributed by atoms with E-state index in [1.165, 1.54) is 6.08 Å². The minimum atomic E-state index is -0.374. The molecule has 5 nitrogen and oxygen atoms in total. The minimum absolute atomic E-state index is 0.0185. The Balaban J connectivity index is 1.36. The number of allylic oxidation sites excluding steroid dienone is 3. The van der Waals surface area contributed by atoms with Gasteiger partial charge in [-0.15, -0.1) is 11.8 Å². The predicted octanol–water partition coefficient (Wildman–Crippen LogP) is 5.46. The van der Waals surface area contributed by atoms with Gasteiger partial charge in [0.15, 0.2) is 0 Å². The van der Waals surface area contributed by atoms with Crippen LogP contribution in [-0.4, -0.2) is 40.3 Å². The lowest BCUT2D eigenvalue weighted by atomic mass is 10.0. The van der Waals surface area contributed by atoms with Crippen LogP contribution in [-0.2, 0) is 15.3 Å². The summed E-state index contributed by atoms with van der Waals surface area (Å²) < 4.78 is 18.8. The van der Waals surface area contributed by atoms with Crippen molar-refractivity contribution in [3.63, 3.8) is 0 Å². The first kappa shape index (κ1) is 23.6. The maximum atomic E-state index is 13.4. The summed E-state index contributed by atoms with van der Waals surface area (Å²) >= 11 is 3.24. The number of anilines is 1. The summed E-state index contributed by atoms with van der Waals surface area (Å²) in [5.74, 6) is 1.42. The summed E-state index contributed by atoms with van der Waals surface area (Å²) in [5, 5.41) is -0.143. The van der Waals surface area contributed by atoms with Crippen LogP contribution in [0, 0.1) is 6.92 Å². The Hall–Kier alpha value is -2.58. The summed E-state index contributed by atoms with van der Waals surface area (Å²) in [6.45, 7) is 2.21. The summed E-state index contributed by atoms with van der Waals surface area (Å²) in [5.41, 5.74) is 4.24. The zero-order valence-electron chi connectivity index (χ0n) is 18.3. The Morgan fingerprint density at radius 2 is 2.18 bits per heavy atom. The van der Waals surface area contributed by atoms with Crippen molar-refractivity contribution in [3.8, 4) is 0 Å². The largest absolute Gasteiger partial charge is 0.461 e. The number of thioether (sulfide) groups is 2. The molecule has 33 heavy (non-hydrogen) atoms. The van der Waals surface area contributed by atoms with E-state index >= 15 is 0 Å². The van der Waals surface area contributed by atoms with E-state index in [-0.39, 0.29) is 23.1 Å². The van der Waals surface area contributed by atoms with Crippen molar-refractivity contribution in [1.82, 2.24) is 4.98 Å². The quantitative estimate of drug-likeness (QED) is 0.366. The van der Waals surface area contributed by atoms with Crippen molar-refractivity contribution in [2.24, 2.45) is 0 Å². The summed E-state index contributed by atoms with van der Waals surface area (Å²) in [6.07, 6.45) is 7.82. The Bertz CT molecular complexity index is 1090. The fraction of sp³-hybridized carbons (Fsp3) is 0.320. The van der Waals surface area contributed by atoms with Gasteiger partial charge in [-0.25, -0.2) is 9.18 Å². The highest BCUT2D eigenvalue weighted by Crippen LogP contribution is 2.39. The van der Waals surface area contributed by atoms with Gasteiger partial charge in [0.05, 0.1) is 11.3 Å². The molecule has 8 heteroatoms. The van der Waals surface area contributed by atoms with E-state index in [2.05, 4.69) is 4.98 Å². The highest BCUT2D eigenvalue weighted by atomic mass is 32.2. The number of hydrogen-bond donors (Lipinski definition) is 0. The normalized spacial score (nSPS) is 18.2. The molecular weight excluding hydrogens is 459 g/mol. The Labute approximate surface area is 201 Å². The molecule has 2 heterocycles. The van der Waals surface area contributed by atoms with E-state index in [1.807, 2.05) is 25.3 Å². The summed E-state index contributed by atoms with van der Waals surface area (Å²) in [4.78, 5) is 31.0.